The number of ether oxygens (including phenoxy) is 5. The number of nitrogens with two attached hydrogens (primary N) is 1. The summed E-state index contributed by atoms with van der Waals surface area (Å²) in [7, 11) is 1.50. The summed E-state index contributed by atoms with van der Waals surface area (Å²) < 4.78 is 42.6. The van der Waals surface area contributed by atoms with Gasteiger partial charge in [0.15, 0.2) is 17.1 Å². The molecule has 11 nitrogen and oxygen atoms in total. The van der Waals surface area contributed by atoms with Gasteiger partial charge in [0.1, 0.15) is 23.8 Å². The summed E-state index contributed by atoms with van der Waals surface area (Å²) in [6.07, 6.45) is 3.75. The predicted octanol–water partition coefficient (Wildman–Crippen LogP) is 3.22. The molecule has 0 radical (unpaired) electrons. The third-order valence-corrected chi connectivity index (χ3v) is 6.78. The van der Waals surface area contributed by atoms with Crippen molar-refractivity contribution < 1.29 is 28.1 Å². The van der Waals surface area contributed by atoms with Crippen LogP contribution in [0.15, 0.2) is 18.3 Å². The SMILES string of the molecule is COc1cc(-c2nc3c(NCC4CCNCC4)c(Cl)cnc3[nH]2)c(F)cc1OCCOCCOCCOCCN. The minimum Gasteiger partial charge on any atom is -0.493 e. The average Bonchev–Trinajstić information content (AvgIpc) is 3.40. The highest BCUT2D eigenvalue weighted by atomic mass is 35.5. The van der Waals surface area contributed by atoms with Gasteiger partial charge in [-0.2, -0.15) is 0 Å². The zero-order valence-corrected chi connectivity index (χ0v) is 23.5. The number of aromatic amines is 1. The molecule has 0 atom stereocenters. The van der Waals surface area contributed by atoms with Gasteiger partial charge in [0.05, 0.1) is 69.2 Å². The largest absolute Gasteiger partial charge is 0.493 e. The first-order valence-electron chi connectivity index (χ1n) is 13.5. The molecule has 3 heterocycles. The molecule has 0 bridgehead atoms. The number of benzene rings is 1. The molecule has 1 aromatic carbocycles. The number of anilines is 1. The number of nitrogens with one attached hydrogen (secondary N) is 3. The number of piperidine rings is 1. The Labute approximate surface area is 238 Å². The first kappa shape index (κ1) is 30.2. The van der Waals surface area contributed by atoms with E-state index in [1.165, 1.54) is 13.2 Å². The molecule has 0 aliphatic carbocycles. The van der Waals surface area contributed by atoms with Crippen molar-refractivity contribution in [1.29, 1.82) is 0 Å². The van der Waals surface area contributed by atoms with Crippen LogP contribution in [0.5, 0.6) is 11.5 Å². The van der Waals surface area contributed by atoms with Gasteiger partial charge >= 0.3 is 0 Å². The van der Waals surface area contributed by atoms with Crippen molar-refractivity contribution in [3.05, 3.63) is 29.2 Å². The first-order valence-corrected chi connectivity index (χ1v) is 13.9. The number of halogens is 2. The van der Waals surface area contributed by atoms with Crippen LogP contribution in [0.4, 0.5) is 10.1 Å². The molecular formula is C27H38ClFN6O5. The number of rotatable bonds is 17. The van der Waals surface area contributed by atoms with Gasteiger partial charge < -0.3 is 45.0 Å². The summed E-state index contributed by atoms with van der Waals surface area (Å²) in [5.41, 5.74) is 7.33. The predicted molar refractivity (Wildman–Crippen MR) is 152 cm³/mol. The van der Waals surface area contributed by atoms with Crippen molar-refractivity contribution in [3.8, 4) is 22.9 Å². The van der Waals surface area contributed by atoms with E-state index in [-0.39, 0.29) is 17.9 Å². The normalized spacial score (nSPS) is 14.1. The van der Waals surface area contributed by atoms with E-state index in [1.54, 1.807) is 12.3 Å². The van der Waals surface area contributed by atoms with E-state index >= 15 is 4.39 Å². The van der Waals surface area contributed by atoms with Gasteiger partial charge in [-0.15, -0.1) is 0 Å². The number of hydrogen-bond donors (Lipinski definition) is 4. The van der Waals surface area contributed by atoms with Crippen LogP contribution in [-0.4, -0.2) is 94.5 Å². The van der Waals surface area contributed by atoms with Gasteiger partial charge in [0.25, 0.3) is 0 Å². The van der Waals surface area contributed by atoms with E-state index in [4.69, 9.17) is 41.0 Å². The molecule has 2 aromatic heterocycles. The van der Waals surface area contributed by atoms with Crippen molar-refractivity contribution in [2.75, 3.05) is 84.9 Å². The highest BCUT2D eigenvalue weighted by molar-refractivity contribution is 6.34. The van der Waals surface area contributed by atoms with Crippen LogP contribution in [0.25, 0.3) is 22.6 Å². The van der Waals surface area contributed by atoms with Crippen LogP contribution >= 0.6 is 11.6 Å². The molecule has 1 fully saturated rings. The number of hydrogen-bond acceptors (Lipinski definition) is 10. The molecule has 3 aromatic rings. The van der Waals surface area contributed by atoms with E-state index in [1.807, 2.05) is 0 Å². The van der Waals surface area contributed by atoms with E-state index < -0.39 is 5.82 Å². The molecule has 13 heteroatoms. The first-order chi connectivity index (χ1) is 19.6. The maximum absolute atomic E-state index is 15.2. The number of nitrogens with zero attached hydrogens (tertiary/aromatic N) is 2. The Kier molecular flexibility index (Phi) is 12.0. The minimum absolute atomic E-state index is 0.216. The summed E-state index contributed by atoms with van der Waals surface area (Å²) in [6.45, 7) is 6.14. The second kappa shape index (κ2) is 15.9. The summed E-state index contributed by atoms with van der Waals surface area (Å²) in [5.74, 6) is 0.971. The molecular weight excluding hydrogens is 543 g/mol. The Hall–Kier alpha value is -2.74. The van der Waals surface area contributed by atoms with Crippen LogP contribution in [0.2, 0.25) is 5.02 Å². The van der Waals surface area contributed by atoms with E-state index in [0.717, 1.165) is 32.5 Å². The number of H-pyrrole nitrogens is 1. The molecule has 0 unspecified atom stereocenters. The summed E-state index contributed by atoms with van der Waals surface area (Å²) in [4.78, 5) is 12.1. The van der Waals surface area contributed by atoms with Crippen molar-refractivity contribution in [1.82, 2.24) is 20.3 Å². The second-order valence-corrected chi connectivity index (χ2v) is 9.70. The van der Waals surface area contributed by atoms with Gasteiger partial charge in [0, 0.05) is 19.2 Å². The smallest absolute Gasteiger partial charge is 0.164 e. The van der Waals surface area contributed by atoms with Crippen molar-refractivity contribution >= 4 is 28.5 Å². The molecule has 1 aliphatic rings. The third-order valence-electron chi connectivity index (χ3n) is 6.49. The Morgan fingerprint density at radius 1 is 1.02 bits per heavy atom. The fourth-order valence-corrected chi connectivity index (χ4v) is 4.59. The van der Waals surface area contributed by atoms with E-state index in [0.29, 0.717) is 85.6 Å². The lowest BCUT2D eigenvalue weighted by atomic mass is 9.98. The fourth-order valence-electron chi connectivity index (χ4n) is 4.38. The Morgan fingerprint density at radius 3 is 2.42 bits per heavy atom. The molecule has 1 saturated heterocycles. The fraction of sp³-hybridized carbons (Fsp3) is 0.556. The number of imidazole rings is 1. The maximum Gasteiger partial charge on any atom is 0.164 e. The summed E-state index contributed by atoms with van der Waals surface area (Å²) in [6, 6.07) is 2.83. The van der Waals surface area contributed by atoms with Gasteiger partial charge in [-0.3, -0.25) is 0 Å². The summed E-state index contributed by atoms with van der Waals surface area (Å²) in [5, 5.41) is 7.28. The topological polar surface area (TPSA) is 138 Å². The van der Waals surface area contributed by atoms with Gasteiger partial charge in [0.2, 0.25) is 0 Å². The highest BCUT2D eigenvalue weighted by Crippen LogP contribution is 2.36. The quantitative estimate of drug-likeness (QED) is 0.176. The molecule has 220 valence electrons. The maximum atomic E-state index is 15.2. The molecule has 0 amide bonds. The molecule has 40 heavy (non-hydrogen) atoms. The highest BCUT2D eigenvalue weighted by Gasteiger charge is 2.20. The number of pyridine rings is 1. The van der Waals surface area contributed by atoms with E-state index in [9.17, 15) is 0 Å². The zero-order valence-electron chi connectivity index (χ0n) is 22.8. The molecule has 0 saturated carbocycles. The monoisotopic (exact) mass is 580 g/mol. The van der Waals surface area contributed by atoms with Crippen LogP contribution in [0.3, 0.4) is 0 Å². The second-order valence-electron chi connectivity index (χ2n) is 9.30. The van der Waals surface area contributed by atoms with Crippen molar-refractivity contribution in [2.45, 2.75) is 12.8 Å². The van der Waals surface area contributed by atoms with Gasteiger partial charge in [-0.25, -0.2) is 14.4 Å². The van der Waals surface area contributed by atoms with Crippen molar-refractivity contribution in [3.63, 3.8) is 0 Å². The minimum atomic E-state index is -0.517. The summed E-state index contributed by atoms with van der Waals surface area (Å²) >= 11 is 6.47. The molecule has 4 rings (SSSR count). The standard InChI is InChI=1S/C27H38ClFN6O5/c1-36-22-14-19(21(29)15-23(22)40-13-12-39-11-10-38-9-8-37-7-4-30)26-34-25-24(20(28)17-33-27(25)35-26)32-16-18-2-5-31-6-3-18/h14-15,17-18,31H,2-13,16,30H2,1H3,(H2,32,33,34,35). The molecule has 0 spiro atoms. The lowest BCUT2D eigenvalue weighted by molar-refractivity contribution is 0.0104. The van der Waals surface area contributed by atoms with Crippen LogP contribution < -0.4 is 25.8 Å². The lowest BCUT2D eigenvalue weighted by Gasteiger charge is -2.23. The van der Waals surface area contributed by atoms with Gasteiger partial charge in [-0.05, 0) is 37.9 Å². The Balaban J connectivity index is 1.35. The van der Waals surface area contributed by atoms with Gasteiger partial charge in [-0.1, -0.05) is 11.6 Å². The number of fused-ring (bicyclic) bond motifs is 1. The Bertz CT molecular complexity index is 1210. The average molecular weight is 581 g/mol. The van der Waals surface area contributed by atoms with E-state index in [2.05, 4.69) is 25.6 Å². The lowest BCUT2D eigenvalue weighted by Crippen LogP contribution is -2.31. The molecule has 1 aliphatic heterocycles. The van der Waals surface area contributed by atoms with Crippen LogP contribution in [0.1, 0.15) is 12.8 Å². The van der Waals surface area contributed by atoms with Crippen molar-refractivity contribution in [2.24, 2.45) is 11.7 Å². The number of methoxy groups -OCH3 is 1. The van der Waals surface area contributed by atoms with Crippen LogP contribution in [0, 0.1) is 11.7 Å². The molecule has 5 N–H and O–H groups in total. The number of aromatic nitrogens is 3. The van der Waals surface area contributed by atoms with Crippen LogP contribution in [-0.2, 0) is 14.2 Å². The third kappa shape index (κ3) is 8.38. The Morgan fingerprint density at radius 2 is 1.73 bits per heavy atom. The zero-order chi connectivity index (χ0) is 28.2.